The van der Waals surface area contributed by atoms with E-state index in [4.69, 9.17) is 0 Å². The van der Waals surface area contributed by atoms with Crippen LogP contribution >= 0.6 is 0 Å². The van der Waals surface area contributed by atoms with Crippen molar-refractivity contribution in [2.75, 3.05) is 51.6 Å². The van der Waals surface area contributed by atoms with Crippen molar-refractivity contribution in [2.24, 2.45) is 0 Å². The second-order valence-corrected chi connectivity index (χ2v) is 7.52. The highest BCUT2D eigenvalue weighted by Crippen LogP contribution is 2.13. The van der Waals surface area contributed by atoms with E-state index in [1.165, 1.54) is 19.1 Å². The van der Waals surface area contributed by atoms with Crippen LogP contribution < -0.4 is 10.0 Å². The summed E-state index contributed by atoms with van der Waals surface area (Å²) in [5.41, 5.74) is 0.578. The number of hydrogen-bond acceptors (Lipinski definition) is 5. The minimum Gasteiger partial charge on any atom is -0.326 e. The lowest BCUT2D eigenvalue weighted by Crippen LogP contribution is -2.46. The summed E-state index contributed by atoms with van der Waals surface area (Å²) in [6.45, 7) is 6.45. The van der Waals surface area contributed by atoms with Gasteiger partial charge >= 0.3 is 0 Å². The molecule has 1 aliphatic heterocycles. The smallest absolute Gasteiger partial charge is 0.240 e. The van der Waals surface area contributed by atoms with E-state index in [0.717, 1.165) is 26.2 Å². The van der Waals surface area contributed by atoms with Crippen molar-refractivity contribution in [1.29, 1.82) is 0 Å². The number of sulfonamides is 1. The summed E-state index contributed by atoms with van der Waals surface area (Å²) in [5.74, 6) is -0.189. The van der Waals surface area contributed by atoms with Crippen LogP contribution in [-0.4, -0.2) is 70.4 Å². The van der Waals surface area contributed by atoms with Gasteiger partial charge in [-0.15, -0.1) is 0 Å². The van der Waals surface area contributed by atoms with Gasteiger partial charge in [0.1, 0.15) is 0 Å². The second-order valence-electron chi connectivity index (χ2n) is 5.75. The molecule has 1 heterocycles. The van der Waals surface area contributed by atoms with Gasteiger partial charge in [-0.25, -0.2) is 13.1 Å². The lowest BCUT2D eigenvalue weighted by atomic mass is 10.3. The standard InChI is InChI=1S/C15H24N4O3S/c1-13(20)17-14-3-5-15(6-4-14)23(21,22)16-7-8-19-11-9-18(2)10-12-19/h3-6,16H,7-12H2,1-2H3,(H,17,20). The summed E-state index contributed by atoms with van der Waals surface area (Å²) in [5, 5.41) is 2.61. The highest BCUT2D eigenvalue weighted by Gasteiger charge is 2.16. The largest absolute Gasteiger partial charge is 0.326 e. The third-order valence-corrected chi connectivity index (χ3v) is 5.28. The van der Waals surface area contributed by atoms with Crippen LogP contribution in [0.15, 0.2) is 29.2 Å². The van der Waals surface area contributed by atoms with Gasteiger partial charge in [0.05, 0.1) is 4.90 Å². The number of hydrogen-bond donors (Lipinski definition) is 2. The molecule has 1 aromatic carbocycles. The average Bonchev–Trinajstić information content (AvgIpc) is 2.49. The van der Waals surface area contributed by atoms with E-state index >= 15 is 0 Å². The Kier molecular flexibility index (Phi) is 6.11. The summed E-state index contributed by atoms with van der Waals surface area (Å²) in [7, 11) is -1.43. The predicted octanol–water partition coefficient (Wildman–Crippen LogP) is 0.171. The lowest BCUT2D eigenvalue weighted by molar-refractivity contribution is -0.114. The van der Waals surface area contributed by atoms with E-state index in [9.17, 15) is 13.2 Å². The van der Waals surface area contributed by atoms with Gasteiger partial charge in [-0.3, -0.25) is 9.69 Å². The summed E-state index contributed by atoms with van der Waals surface area (Å²) < 4.78 is 27.1. The molecule has 0 unspecified atom stereocenters. The van der Waals surface area contributed by atoms with Gasteiger partial charge < -0.3 is 10.2 Å². The number of carbonyl (C=O) groups excluding carboxylic acids is 1. The molecule has 1 saturated heterocycles. The Bertz CT molecular complexity index is 623. The molecule has 0 radical (unpaired) electrons. The van der Waals surface area contributed by atoms with E-state index in [1.54, 1.807) is 12.1 Å². The molecule has 1 aliphatic rings. The summed E-state index contributed by atoms with van der Waals surface area (Å²) in [6, 6.07) is 6.14. The van der Waals surface area contributed by atoms with Crippen molar-refractivity contribution in [3.8, 4) is 0 Å². The zero-order valence-electron chi connectivity index (χ0n) is 13.6. The Labute approximate surface area is 137 Å². The molecule has 7 nitrogen and oxygen atoms in total. The maximum atomic E-state index is 12.2. The zero-order valence-corrected chi connectivity index (χ0v) is 14.4. The normalized spacial score (nSPS) is 17.1. The molecule has 2 N–H and O–H groups in total. The van der Waals surface area contributed by atoms with E-state index in [1.807, 2.05) is 0 Å². The van der Waals surface area contributed by atoms with Crippen LogP contribution in [0, 0.1) is 0 Å². The number of nitrogens with zero attached hydrogens (tertiary/aromatic N) is 2. The molecule has 0 aliphatic carbocycles. The number of nitrogens with one attached hydrogen (secondary N) is 2. The quantitative estimate of drug-likeness (QED) is 0.772. The van der Waals surface area contributed by atoms with Crippen LogP contribution in [-0.2, 0) is 14.8 Å². The van der Waals surface area contributed by atoms with Crippen molar-refractivity contribution in [2.45, 2.75) is 11.8 Å². The van der Waals surface area contributed by atoms with Crippen LogP contribution in [0.3, 0.4) is 0 Å². The fourth-order valence-corrected chi connectivity index (χ4v) is 3.43. The molecule has 0 aromatic heterocycles. The summed E-state index contributed by atoms with van der Waals surface area (Å²) >= 11 is 0. The van der Waals surface area contributed by atoms with Gasteiger partial charge in [-0.1, -0.05) is 0 Å². The molecule has 23 heavy (non-hydrogen) atoms. The third kappa shape index (κ3) is 5.58. The molecule has 1 aromatic rings. The fourth-order valence-electron chi connectivity index (χ4n) is 2.41. The van der Waals surface area contributed by atoms with Crippen molar-refractivity contribution in [1.82, 2.24) is 14.5 Å². The number of carbonyl (C=O) groups is 1. The topological polar surface area (TPSA) is 81.7 Å². The summed E-state index contributed by atoms with van der Waals surface area (Å²) in [4.78, 5) is 15.7. The monoisotopic (exact) mass is 340 g/mol. The van der Waals surface area contributed by atoms with Crippen molar-refractivity contribution in [3.63, 3.8) is 0 Å². The third-order valence-electron chi connectivity index (χ3n) is 3.80. The first-order valence-electron chi connectivity index (χ1n) is 7.65. The van der Waals surface area contributed by atoms with E-state index in [-0.39, 0.29) is 10.8 Å². The van der Waals surface area contributed by atoms with Crippen LogP contribution in [0.4, 0.5) is 5.69 Å². The highest BCUT2D eigenvalue weighted by atomic mass is 32.2. The minimum atomic E-state index is -3.52. The average molecular weight is 340 g/mol. The van der Waals surface area contributed by atoms with E-state index < -0.39 is 10.0 Å². The molecule has 1 fully saturated rings. The van der Waals surface area contributed by atoms with Crippen LogP contribution in [0.2, 0.25) is 0 Å². The molecular formula is C15H24N4O3S. The fraction of sp³-hybridized carbons (Fsp3) is 0.533. The van der Waals surface area contributed by atoms with Crippen LogP contribution in [0.1, 0.15) is 6.92 Å². The van der Waals surface area contributed by atoms with Crippen LogP contribution in [0.25, 0.3) is 0 Å². The highest BCUT2D eigenvalue weighted by molar-refractivity contribution is 7.89. The Hall–Kier alpha value is -1.48. The van der Waals surface area contributed by atoms with Gasteiger partial charge in [0, 0.05) is 51.9 Å². The molecule has 0 saturated carbocycles. The van der Waals surface area contributed by atoms with Gasteiger partial charge in [-0.05, 0) is 31.3 Å². The Morgan fingerprint density at radius 2 is 1.74 bits per heavy atom. The molecule has 2 rings (SSSR count). The minimum absolute atomic E-state index is 0.189. The summed E-state index contributed by atoms with van der Waals surface area (Å²) in [6.07, 6.45) is 0. The Morgan fingerprint density at radius 3 is 2.30 bits per heavy atom. The van der Waals surface area contributed by atoms with Crippen molar-refractivity contribution in [3.05, 3.63) is 24.3 Å². The van der Waals surface area contributed by atoms with E-state index in [2.05, 4.69) is 26.9 Å². The number of amides is 1. The van der Waals surface area contributed by atoms with Gasteiger partial charge in [-0.2, -0.15) is 0 Å². The van der Waals surface area contributed by atoms with Gasteiger partial charge in [0.15, 0.2) is 0 Å². The molecule has 1 amide bonds. The molecule has 128 valence electrons. The lowest BCUT2D eigenvalue weighted by Gasteiger charge is -2.32. The molecule has 0 spiro atoms. The first-order chi connectivity index (χ1) is 10.9. The molecule has 0 atom stereocenters. The predicted molar refractivity (Wildman–Crippen MR) is 89.9 cm³/mol. The maximum Gasteiger partial charge on any atom is 0.240 e. The Balaban J connectivity index is 1.85. The number of anilines is 1. The molecule has 8 heteroatoms. The first-order valence-corrected chi connectivity index (χ1v) is 9.13. The number of rotatable bonds is 6. The van der Waals surface area contributed by atoms with Crippen molar-refractivity contribution >= 4 is 21.6 Å². The molecular weight excluding hydrogens is 316 g/mol. The SMILES string of the molecule is CC(=O)Nc1ccc(S(=O)(=O)NCCN2CCN(C)CC2)cc1. The van der Waals surface area contributed by atoms with E-state index in [0.29, 0.717) is 18.8 Å². The number of benzene rings is 1. The maximum absolute atomic E-state index is 12.2. The van der Waals surface area contributed by atoms with Crippen LogP contribution in [0.5, 0.6) is 0 Å². The number of piperazine rings is 1. The van der Waals surface area contributed by atoms with Gasteiger partial charge in [0.2, 0.25) is 15.9 Å². The molecule has 0 bridgehead atoms. The first kappa shape index (κ1) is 17.9. The van der Waals surface area contributed by atoms with Gasteiger partial charge in [0.25, 0.3) is 0 Å². The second kappa shape index (κ2) is 7.87. The number of likely N-dealkylation sites (N-methyl/N-ethyl adjacent to an activating group) is 1. The zero-order chi connectivity index (χ0) is 16.9. The van der Waals surface area contributed by atoms with Crippen molar-refractivity contribution < 1.29 is 13.2 Å². The Morgan fingerprint density at radius 1 is 1.13 bits per heavy atom.